The highest BCUT2D eigenvalue weighted by Gasteiger charge is 2.15. The van der Waals surface area contributed by atoms with E-state index in [1.807, 2.05) is 18.8 Å². The second-order valence-electron chi connectivity index (χ2n) is 5.55. The number of guanidine groups is 1. The van der Waals surface area contributed by atoms with Gasteiger partial charge >= 0.3 is 0 Å². The van der Waals surface area contributed by atoms with Gasteiger partial charge in [-0.25, -0.2) is 0 Å². The van der Waals surface area contributed by atoms with Crippen LogP contribution in [0.1, 0.15) is 25.0 Å². The summed E-state index contributed by atoms with van der Waals surface area (Å²) in [5, 5.41) is 6.73. The third-order valence-corrected chi connectivity index (χ3v) is 4.53. The molecule has 0 saturated carbocycles. The van der Waals surface area contributed by atoms with Gasteiger partial charge in [-0.1, -0.05) is 29.8 Å². The molecule has 1 rings (SSSR count). The van der Waals surface area contributed by atoms with Crippen LogP contribution in [0.4, 0.5) is 0 Å². The van der Waals surface area contributed by atoms with E-state index in [-0.39, 0.29) is 28.7 Å². The normalized spacial score (nSPS) is 11.8. The SMILES string of the molecule is CN=C(NCCc1ccc(C)cc1)NCC(C)(C)SC.I. The van der Waals surface area contributed by atoms with Crippen LogP contribution >= 0.6 is 35.7 Å². The Morgan fingerprint density at radius 1 is 1.19 bits per heavy atom. The average Bonchev–Trinajstić information content (AvgIpc) is 2.44. The van der Waals surface area contributed by atoms with Gasteiger partial charge in [0.2, 0.25) is 0 Å². The number of benzene rings is 1. The van der Waals surface area contributed by atoms with Crippen LogP contribution in [0.5, 0.6) is 0 Å². The van der Waals surface area contributed by atoms with Crippen LogP contribution < -0.4 is 10.6 Å². The molecule has 3 nitrogen and oxygen atoms in total. The van der Waals surface area contributed by atoms with Gasteiger partial charge in [0, 0.05) is 24.9 Å². The van der Waals surface area contributed by atoms with Crippen molar-refractivity contribution in [2.24, 2.45) is 4.99 Å². The highest BCUT2D eigenvalue weighted by Crippen LogP contribution is 2.19. The second-order valence-corrected chi connectivity index (χ2v) is 7.07. The number of aliphatic imine (C=N–C) groups is 1. The average molecular weight is 421 g/mol. The standard InChI is InChI=1S/C16H27N3S.HI/c1-13-6-8-14(9-7-13)10-11-18-15(17-4)19-12-16(2,3)20-5;/h6-9H,10-12H2,1-5H3,(H2,17,18,19);1H. The van der Waals surface area contributed by atoms with Crippen molar-refractivity contribution >= 4 is 41.7 Å². The Morgan fingerprint density at radius 3 is 2.33 bits per heavy atom. The molecule has 1 aromatic carbocycles. The first kappa shape index (κ1) is 20.6. The summed E-state index contributed by atoms with van der Waals surface area (Å²) in [6, 6.07) is 8.68. The van der Waals surface area contributed by atoms with Crippen molar-refractivity contribution in [2.45, 2.75) is 31.9 Å². The number of aryl methyl sites for hydroxylation is 1. The molecule has 0 unspecified atom stereocenters. The maximum Gasteiger partial charge on any atom is 0.191 e. The Bertz CT molecular complexity index is 430. The Labute approximate surface area is 150 Å². The molecule has 0 amide bonds. The predicted molar refractivity (Wildman–Crippen MR) is 107 cm³/mol. The van der Waals surface area contributed by atoms with E-state index >= 15 is 0 Å². The van der Waals surface area contributed by atoms with Crippen molar-refractivity contribution in [3.8, 4) is 0 Å². The molecule has 2 N–H and O–H groups in total. The topological polar surface area (TPSA) is 36.4 Å². The number of nitrogens with one attached hydrogen (secondary N) is 2. The van der Waals surface area contributed by atoms with Crippen LogP contribution in [0.3, 0.4) is 0 Å². The fourth-order valence-electron chi connectivity index (χ4n) is 1.67. The summed E-state index contributed by atoms with van der Waals surface area (Å²) >= 11 is 1.86. The van der Waals surface area contributed by atoms with Crippen LogP contribution in [-0.4, -0.2) is 37.1 Å². The van der Waals surface area contributed by atoms with E-state index < -0.39 is 0 Å². The molecule has 0 spiro atoms. The molecule has 0 fully saturated rings. The van der Waals surface area contributed by atoms with Crippen molar-refractivity contribution in [1.82, 2.24) is 10.6 Å². The first-order valence-electron chi connectivity index (χ1n) is 7.02. The molecule has 0 aromatic heterocycles. The Hall–Kier alpha value is -0.430. The fraction of sp³-hybridized carbons (Fsp3) is 0.562. The van der Waals surface area contributed by atoms with Crippen molar-refractivity contribution in [1.29, 1.82) is 0 Å². The van der Waals surface area contributed by atoms with Crippen LogP contribution in [-0.2, 0) is 6.42 Å². The molecule has 0 aliphatic carbocycles. The smallest absolute Gasteiger partial charge is 0.191 e. The van der Waals surface area contributed by atoms with Gasteiger partial charge in [0.1, 0.15) is 0 Å². The highest BCUT2D eigenvalue weighted by molar-refractivity contribution is 14.0. The largest absolute Gasteiger partial charge is 0.356 e. The van der Waals surface area contributed by atoms with Gasteiger partial charge in [-0.3, -0.25) is 4.99 Å². The summed E-state index contributed by atoms with van der Waals surface area (Å²) in [5.74, 6) is 0.874. The lowest BCUT2D eigenvalue weighted by atomic mass is 10.1. The first-order valence-corrected chi connectivity index (χ1v) is 8.24. The molecule has 0 aliphatic rings. The zero-order chi connectivity index (χ0) is 15.0. The minimum atomic E-state index is 0. The lowest BCUT2D eigenvalue weighted by Crippen LogP contribution is -2.43. The lowest BCUT2D eigenvalue weighted by molar-refractivity contribution is 0.664. The van der Waals surface area contributed by atoms with Crippen molar-refractivity contribution in [2.75, 3.05) is 26.4 Å². The van der Waals surface area contributed by atoms with Gasteiger partial charge in [0.15, 0.2) is 5.96 Å². The third kappa shape index (κ3) is 8.56. The molecule has 0 aliphatic heterocycles. The van der Waals surface area contributed by atoms with Gasteiger partial charge in [-0.2, -0.15) is 11.8 Å². The zero-order valence-corrected chi connectivity index (χ0v) is 16.8. The summed E-state index contributed by atoms with van der Waals surface area (Å²) in [5.41, 5.74) is 2.65. The van der Waals surface area contributed by atoms with Gasteiger partial charge < -0.3 is 10.6 Å². The minimum absolute atomic E-state index is 0. The molecule has 0 heterocycles. The van der Waals surface area contributed by atoms with Gasteiger partial charge in [0.25, 0.3) is 0 Å². The lowest BCUT2D eigenvalue weighted by Gasteiger charge is -2.23. The summed E-state index contributed by atoms with van der Waals surface area (Å²) < 4.78 is 0.217. The number of nitrogens with zero attached hydrogens (tertiary/aromatic N) is 1. The predicted octanol–water partition coefficient (Wildman–Crippen LogP) is 3.46. The number of hydrogen-bond acceptors (Lipinski definition) is 2. The van der Waals surface area contributed by atoms with Crippen LogP contribution in [0.15, 0.2) is 29.3 Å². The monoisotopic (exact) mass is 421 g/mol. The van der Waals surface area contributed by atoms with E-state index in [2.05, 4.69) is 66.9 Å². The van der Waals surface area contributed by atoms with Gasteiger partial charge in [0.05, 0.1) is 0 Å². The second kappa shape index (κ2) is 10.3. The zero-order valence-electron chi connectivity index (χ0n) is 13.7. The molecule has 120 valence electrons. The minimum Gasteiger partial charge on any atom is -0.356 e. The molecule has 0 radical (unpaired) electrons. The summed E-state index contributed by atoms with van der Waals surface area (Å²) in [6.45, 7) is 8.36. The number of hydrogen-bond donors (Lipinski definition) is 2. The molecular formula is C16H28IN3S. The Morgan fingerprint density at radius 2 is 1.81 bits per heavy atom. The van der Waals surface area contributed by atoms with E-state index in [4.69, 9.17) is 0 Å². The van der Waals surface area contributed by atoms with E-state index in [9.17, 15) is 0 Å². The molecular weight excluding hydrogens is 393 g/mol. The molecule has 5 heteroatoms. The van der Waals surface area contributed by atoms with Crippen molar-refractivity contribution < 1.29 is 0 Å². The number of thioether (sulfide) groups is 1. The summed E-state index contributed by atoms with van der Waals surface area (Å²) in [7, 11) is 1.81. The van der Waals surface area contributed by atoms with Gasteiger partial charge in [-0.05, 0) is 39.0 Å². The Balaban J connectivity index is 0.00000400. The number of rotatable bonds is 6. The fourth-order valence-corrected chi connectivity index (χ4v) is 1.89. The van der Waals surface area contributed by atoms with Crippen molar-refractivity contribution in [3.05, 3.63) is 35.4 Å². The number of halogens is 1. The van der Waals surface area contributed by atoms with E-state index in [0.717, 1.165) is 25.5 Å². The summed E-state index contributed by atoms with van der Waals surface area (Å²) in [6.07, 6.45) is 3.14. The maximum absolute atomic E-state index is 4.26. The van der Waals surface area contributed by atoms with E-state index in [1.165, 1.54) is 11.1 Å². The van der Waals surface area contributed by atoms with E-state index in [0.29, 0.717) is 0 Å². The molecule has 0 atom stereocenters. The van der Waals surface area contributed by atoms with Crippen LogP contribution in [0.25, 0.3) is 0 Å². The molecule has 21 heavy (non-hydrogen) atoms. The third-order valence-electron chi connectivity index (χ3n) is 3.28. The van der Waals surface area contributed by atoms with Crippen LogP contribution in [0, 0.1) is 6.92 Å². The van der Waals surface area contributed by atoms with Gasteiger partial charge in [-0.15, -0.1) is 24.0 Å². The molecule has 1 aromatic rings. The summed E-state index contributed by atoms with van der Waals surface area (Å²) in [4.78, 5) is 4.26. The molecule has 0 bridgehead atoms. The first-order chi connectivity index (χ1) is 9.46. The quantitative estimate of drug-likeness (QED) is 0.420. The Kier molecular flexibility index (Phi) is 10.1. The molecule has 0 saturated heterocycles. The van der Waals surface area contributed by atoms with E-state index in [1.54, 1.807) is 0 Å². The van der Waals surface area contributed by atoms with Crippen molar-refractivity contribution in [3.63, 3.8) is 0 Å². The highest BCUT2D eigenvalue weighted by atomic mass is 127. The van der Waals surface area contributed by atoms with Crippen LogP contribution in [0.2, 0.25) is 0 Å². The maximum atomic E-state index is 4.26.